The van der Waals surface area contributed by atoms with E-state index in [1.165, 1.54) is 0 Å². The molecule has 3 N–H and O–H groups in total. The third-order valence-corrected chi connectivity index (χ3v) is 3.46. The monoisotopic (exact) mass is 273 g/mol. The van der Waals surface area contributed by atoms with Gasteiger partial charge >= 0.3 is 0 Å². The van der Waals surface area contributed by atoms with E-state index in [0.29, 0.717) is 0 Å². The fraction of sp³-hybridized carbons (Fsp3) is 0. The highest BCUT2D eigenvalue weighted by Crippen LogP contribution is 2.21. The van der Waals surface area contributed by atoms with Crippen LogP contribution in [-0.4, -0.2) is 9.97 Å². The number of hydrogen-bond donors (Lipinski definition) is 1. The molecule has 0 unspecified atom stereocenters. The average Bonchev–Trinajstić information content (AvgIpc) is 2.54. The predicted molar refractivity (Wildman–Crippen MR) is 87.5 cm³/mol. The molecule has 4 aromatic rings. The molecule has 0 bridgehead atoms. The summed E-state index contributed by atoms with van der Waals surface area (Å²) in [5.74, 6) is 0. The highest BCUT2D eigenvalue weighted by Gasteiger charge is 2.03. The van der Waals surface area contributed by atoms with Crippen molar-refractivity contribution in [2.75, 3.05) is 0 Å². The largest absolute Gasteiger partial charge is 0.344 e. The van der Waals surface area contributed by atoms with Crippen LogP contribution in [0.1, 0.15) is 0 Å². The van der Waals surface area contributed by atoms with Crippen LogP contribution in [-0.2, 0) is 0 Å². The highest BCUT2D eigenvalue weighted by atomic mass is 14.8. The second kappa shape index (κ2) is 5.31. The molecule has 102 valence electrons. The Kier molecular flexibility index (Phi) is 3.34. The Morgan fingerprint density at radius 2 is 0.905 bits per heavy atom. The second-order valence-electron chi connectivity index (χ2n) is 4.78. The Morgan fingerprint density at radius 3 is 1.38 bits per heavy atom. The molecule has 21 heavy (non-hydrogen) atoms. The predicted octanol–water partition coefficient (Wildman–Crippen LogP) is 4.61. The summed E-state index contributed by atoms with van der Waals surface area (Å²) < 4.78 is 0. The standard InChI is InChI=1S/C18H12N2.H3N/c1-3-7-15-13(5-1)9-11-17(19-15)18-12-10-14-6-2-4-8-16(14)20-18;/h1-12H;1H3. The number of hydrogen-bond acceptors (Lipinski definition) is 3. The highest BCUT2D eigenvalue weighted by molar-refractivity contribution is 5.83. The maximum atomic E-state index is 4.69. The van der Waals surface area contributed by atoms with Crippen molar-refractivity contribution in [1.82, 2.24) is 16.1 Å². The molecule has 2 aromatic heterocycles. The summed E-state index contributed by atoms with van der Waals surface area (Å²) in [7, 11) is 0. The number of rotatable bonds is 1. The number of benzene rings is 2. The smallest absolute Gasteiger partial charge is 0.0894 e. The third-order valence-electron chi connectivity index (χ3n) is 3.46. The van der Waals surface area contributed by atoms with E-state index in [1.807, 2.05) is 48.5 Å². The van der Waals surface area contributed by atoms with Crippen molar-refractivity contribution in [1.29, 1.82) is 0 Å². The van der Waals surface area contributed by atoms with Gasteiger partial charge in [0.1, 0.15) is 0 Å². The van der Waals surface area contributed by atoms with Gasteiger partial charge in [0.05, 0.1) is 22.4 Å². The lowest BCUT2D eigenvalue weighted by Crippen LogP contribution is -1.89. The lowest BCUT2D eigenvalue weighted by atomic mass is 10.1. The van der Waals surface area contributed by atoms with Crippen molar-refractivity contribution in [3.63, 3.8) is 0 Å². The molecule has 0 saturated heterocycles. The molecule has 0 amide bonds. The minimum atomic E-state index is 0. The lowest BCUT2D eigenvalue weighted by Gasteiger charge is -2.04. The van der Waals surface area contributed by atoms with E-state index in [9.17, 15) is 0 Å². The fourth-order valence-electron chi connectivity index (χ4n) is 2.42. The van der Waals surface area contributed by atoms with Crippen LogP contribution in [0, 0.1) is 0 Å². The van der Waals surface area contributed by atoms with Crippen molar-refractivity contribution in [2.24, 2.45) is 0 Å². The molecule has 2 heterocycles. The van der Waals surface area contributed by atoms with Crippen molar-refractivity contribution >= 4 is 21.8 Å². The van der Waals surface area contributed by atoms with E-state index in [-0.39, 0.29) is 6.15 Å². The lowest BCUT2D eigenvalue weighted by molar-refractivity contribution is 1.32. The van der Waals surface area contributed by atoms with Gasteiger partial charge in [-0.1, -0.05) is 48.5 Å². The summed E-state index contributed by atoms with van der Waals surface area (Å²) in [6.45, 7) is 0. The molecule has 3 heteroatoms. The molecule has 2 aromatic carbocycles. The molecule has 0 fully saturated rings. The minimum Gasteiger partial charge on any atom is -0.344 e. The number of fused-ring (bicyclic) bond motifs is 2. The summed E-state index contributed by atoms with van der Waals surface area (Å²) in [5.41, 5.74) is 3.82. The van der Waals surface area contributed by atoms with Gasteiger partial charge in [-0.15, -0.1) is 0 Å². The Bertz CT molecular complexity index is 839. The molecule has 3 nitrogen and oxygen atoms in total. The summed E-state index contributed by atoms with van der Waals surface area (Å²) >= 11 is 0. The first-order valence-electron chi connectivity index (χ1n) is 6.62. The first kappa shape index (κ1) is 13.2. The number of nitrogens with zero attached hydrogens (tertiary/aromatic N) is 2. The summed E-state index contributed by atoms with van der Waals surface area (Å²) in [6, 6.07) is 24.5. The van der Waals surface area contributed by atoms with Gasteiger partial charge in [0.15, 0.2) is 0 Å². The van der Waals surface area contributed by atoms with E-state index in [0.717, 1.165) is 33.2 Å². The van der Waals surface area contributed by atoms with Crippen LogP contribution in [0.15, 0.2) is 72.8 Å². The quantitative estimate of drug-likeness (QED) is 0.550. The molecule has 0 aliphatic rings. The minimum absolute atomic E-state index is 0. The van der Waals surface area contributed by atoms with Crippen LogP contribution in [0.5, 0.6) is 0 Å². The van der Waals surface area contributed by atoms with Crippen molar-refractivity contribution in [3.8, 4) is 11.4 Å². The van der Waals surface area contributed by atoms with Gasteiger partial charge in [-0.05, 0) is 24.3 Å². The van der Waals surface area contributed by atoms with Gasteiger partial charge in [0, 0.05) is 10.8 Å². The van der Waals surface area contributed by atoms with Crippen LogP contribution < -0.4 is 6.15 Å². The zero-order chi connectivity index (χ0) is 13.4. The Balaban J connectivity index is 0.00000132. The van der Waals surface area contributed by atoms with Crippen LogP contribution in [0.3, 0.4) is 0 Å². The van der Waals surface area contributed by atoms with Gasteiger partial charge < -0.3 is 6.15 Å². The van der Waals surface area contributed by atoms with Crippen LogP contribution >= 0.6 is 0 Å². The van der Waals surface area contributed by atoms with Crippen LogP contribution in [0.2, 0.25) is 0 Å². The fourth-order valence-corrected chi connectivity index (χ4v) is 2.42. The van der Waals surface area contributed by atoms with Crippen molar-refractivity contribution < 1.29 is 0 Å². The first-order chi connectivity index (χ1) is 9.90. The molecule has 0 radical (unpaired) electrons. The Labute approximate surface area is 122 Å². The van der Waals surface area contributed by atoms with E-state index in [1.54, 1.807) is 0 Å². The van der Waals surface area contributed by atoms with Gasteiger partial charge in [-0.2, -0.15) is 0 Å². The van der Waals surface area contributed by atoms with Gasteiger partial charge in [-0.25, -0.2) is 9.97 Å². The third kappa shape index (κ3) is 2.35. The topological polar surface area (TPSA) is 60.8 Å². The average molecular weight is 273 g/mol. The molecule has 4 rings (SSSR count). The normalized spacial score (nSPS) is 10.5. The van der Waals surface area contributed by atoms with Crippen molar-refractivity contribution in [2.45, 2.75) is 0 Å². The summed E-state index contributed by atoms with van der Waals surface area (Å²) in [5, 5.41) is 2.30. The van der Waals surface area contributed by atoms with E-state index in [4.69, 9.17) is 0 Å². The molecular formula is C18H15N3. The molecular weight excluding hydrogens is 258 g/mol. The molecule has 0 spiro atoms. The van der Waals surface area contributed by atoms with E-state index < -0.39 is 0 Å². The summed E-state index contributed by atoms with van der Waals surface area (Å²) in [4.78, 5) is 9.38. The number of aromatic nitrogens is 2. The molecule has 0 atom stereocenters. The van der Waals surface area contributed by atoms with Gasteiger partial charge in [0.25, 0.3) is 0 Å². The zero-order valence-electron chi connectivity index (χ0n) is 11.5. The zero-order valence-corrected chi connectivity index (χ0v) is 11.5. The Morgan fingerprint density at radius 1 is 0.476 bits per heavy atom. The van der Waals surface area contributed by atoms with Crippen LogP contribution in [0.4, 0.5) is 0 Å². The number of para-hydroxylation sites is 2. The Hall–Kier alpha value is -2.78. The van der Waals surface area contributed by atoms with Gasteiger partial charge in [-0.3, -0.25) is 0 Å². The molecule has 0 aliphatic heterocycles. The number of pyridine rings is 2. The van der Waals surface area contributed by atoms with Crippen LogP contribution in [0.25, 0.3) is 33.2 Å². The second-order valence-corrected chi connectivity index (χ2v) is 4.78. The maximum Gasteiger partial charge on any atom is 0.0894 e. The SMILES string of the molecule is N.c1ccc2nc(-c3ccc4ccccc4n3)ccc2c1. The summed E-state index contributed by atoms with van der Waals surface area (Å²) in [6.07, 6.45) is 0. The van der Waals surface area contributed by atoms with Crippen molar-refractivity contribution in [3.05, 3.63) is 72.8 Å². The molecule has 0 saturated carbocycles. The maximum absolute atomic E-state index is 4.69. The molecule has 0 aliphatic carbocycles. The van der Waals surface area contributed by atoms with E-state index >= 15 is 0 Å². The van der Waals surface area contributed by atoms with Gasteiger partial charge in [0.2, 0.25) is 0 Å². The van der Waals surface area contributed by atoms with E-state index in [2.05, 4.69) is 34.2 Å². The first-order valence-corrected chi connectivity index (χ1v) is 6.62.